The lowest BCUT2D eigenvalue weighted by Crippen LogP contribution is -2.08. The summed E-state index contributed by atoms with van der Waals surface area (Å²) >= 11 is 0. The molecule has 5 heteroatoms. The Labute approximate surface area is 201 Å². The highest BCUT2D eigenvalue weighted by Crippen LogP contribution is 2.23. The first-order valence-electron chi connectivity index (χ1n) is 11.5. The highest BCUT2D eigenvalue weighted by molar-refractivity contribution is 5.91. The van der Waals surface area contributed by atoms with Gasteiger partial charge in [-0.3, -0.25) is 0 Å². The van der Waals surface area contributed by atoms with E-state index in [-0.39, 0.29) is 5.97 Å². The second kappa shape index (κ2) is 13.0. The Bertz CT molecular complexity index is 1070. The maximum atomic E-state index is 12.4. The molecule has 0 saturated heterocycles. The number of ether oxygens (including phenoxy) is 3. The Kier molecular flexibility index (Phi) is 9.47. The molecule has 176 valence electrons. The Hall–Kier alpha value is -3.86. The number of carbonyl (C=O) groups is 2. The van der Waals surface area contributed by atoms with Crippen LogP contribution in [0.25, 0.3) is 11.1 Å². The van der Waals surface area contributed by atoms with E-state index in [1.165, 1.54) is 0 Å². The summed E-state index contributed by atoms with van der Waals surface area (Å²) in [5.41, 5.74) is 3.06. The maximum Gasteiger partial charge on any atom is 0.343 e. The molecule has 3 aromatic rings. The smallest absolute Gasteiger partial charge is 0.343 e. The summed E-state index contributed by atoms with van der Waals surface area (Å²) in [7, 11) is 0. The SMILES string of the molecule is C=C(C)C(=O)OCCCCCCOc1ccc(C(=O)Oc2ccc(-c3ccccc3)cc2)cc1. The Morgan fingerprint density at radius 1 is 0.706 bits per heavy atom. The van der Waals surface area contributed by atoms with Gasteiger partial charge in [-0.2, -0.15) is 0 Å². The number of unbranched alkanes of at least 4 members (excludes halogenated alkanes) is 3. The van der Waals surface area contributed by atoms with Crippen molar-refractivity contribution in [1.29, 1.82) is 0 Å². The molecule has 0 heterocycles. The van der Waals surface area contributed by atoms with E-state index in [9.17, 15) is 9.59 Å². The summed E-state index contributed by atoms with van der Waals surface area (Å²) in [6, 6.07) is 24.4. The Morgan fingerprint density at radius 3 is 1.94 bits per heavy atom. The Morgan fingerprint density at radius 2 is 1.29 bits per heavy atom. The highest BCUT2D eigenvalue weighted by Gasteiger charge is 2.09. The first kappa shape index (κ1) is 24.8. The monoisotopic (exact) mass is 458 g/mol. The van der Waals surface area contributed by atoms with Crippen LogP contribution >= 0.6 is 0 Å². The lowest BCUT2D eigenvalue weighted by molar-refractivity contribution is -0.139. The number of benzene rings is 3. The molecule has 0 aliphatic heterocycles. The standard InChI is InChI=1S/C29H30O5/c1-22(2)28(30)33-21-9-4-3-8-20-32-26-16-14-25(15-17-26)29(31)34-27-18-12-24(13-19-27)23-10-6-5-7-11-23/h5-7,10-19H,1,3-4,8-9,20-21H2,2H3. The van der Waals surface area contributed by atoms with Gasteiger partial charge in [0.25, 0.3) is 0 Å². The molecule has 0 aliphatic rings. The van der Waals surface area contributed by atoms with Gasteiger partial charge in [0.1, 0.15) is 11.5 Å². The second-order valence-corrected chi connectivity index (χ2v) is 7.98. The molecule has 0 aliphatic carbocycles. The van der Waals surface area contributed by atoms with E-state index < -0.39 is 5.97 Å². The third-order valence-corrected chi connectivity index (χ3v) is 5.15. The van der Waals surface area contributed by atoms with Crippen molar-refractivity contribution in [3.05, 3.63) is 96.6 Å². The van der Waals surface area contributed by atoms with E-state index in [0.717, 1.165) is 36.8 Å². The Balaban J connectivity index is 1.36. The number of hydrogen-bond donors (Lipinski definition) is 0. The van der Waals surface area contributed by atoms with Crippen LogP contribution in [-0.4, -0.2) is 25.2 Å². The molecule has 0 spiro atoms. The first-order valence-corrected chi connectivity index (χ1v) is 11.5. The van der Waals surface area contributed by atoms with Gasteiger partial charge in [-0.15, -0.1) is 0 Å². The number of hydrogen-bond acceptors (Lipinski definition) is 5. The summed E-state index contributed by atoms with van der Waals surface area (Å²) in [5, 5.41) is 0. The van der Waals surface area contributed by atoms with Crippen LogP contribution in [0.3, 0.4) is 0 Å². The average molecular weight is 459 g/mol. The molecule has 0 atom stereocenters. The summed E-state index contributed by atoms with van der Waals surface area (Å²) in [5.74, 6) is 0.460. The fourth-order valence-electron chi connectivity index (χ4n) is 3.24. The van der Waals surface area contributed by atoms with Crippen LogP contribution in [0.4, 0.5) is 0 Å². The molecule has 34 heavy (non-hydrogen) atoms. The van der Waals surface area contributed by atoms with Crippen molar-refractivity contribution in [2.45, 2.75) is 32.6 Å². The molecular weight excluding hydrogens is 428 g/mol. The van der Waals surface area contributed by atoms with Gasteiger partial charge in [0, 0.05) is 5.57 Å². The summed E-state index contributed by atoms with van der Waals surface area (Å²) < 4.78 is 16.3. The quantitative estimate of drug-likeness (QED) is 0.132. The molecular formula is C29H30O5. The molecule has 0 bridgehead atoms. The molecule has 5 nitrogen and oxygen atoms in total. The third-order valence-electron chi connectivity index (χ3n) is 5.15. The number of rotatable bonds is 12. The van der Waals surface area contributed by atoms with Gasteiger partial charge in [0.15, 0.2) is 0 Å². The molecule has 3 aromatic carbocycles. The zero-order valence-corrected chi connectivity index (χ0v) is 19.5. The van der Waals surface area contributed by atoms with Gasteiger partial charge < -0.3 is 14.2 Å². The van der Waals surface area contributed by atoms with Crippen molar-refractivity contribution in [1.82, 2.24) is 0 Å². The predicted molar refractivity (Wildman–Crippen MR) is 133 cm³/mol. The fraction of sp³-hybridized carbons (Fsp3) is 0.241. The van der Waals surface area contributed by atoms with Crippen LogP contribution < -0.4 is 9.47 Å². The van der Waals surface area contributed by atoms with E-state index in [0.29, 0.717) is 35.8 Å². The van der Waals surface area contributed by atoms with Gasteiger partial charge in [-0.1, -0.05) is 49.0 Å². The van der Waals surface area contributed by atoms with Crippen LogP contribution in [0, 0.1) is 0 Å². The van der Waals surface area contributed by atoms with Crippen molar-refractivity contribution in [3.63, 3.8) is 0 Å². The predicted octanol–water partition coefficient (Wildman–Crippen LogP) is 6.63. The topological polar surface area (TPSA) is 61.8 Å². The van der Waals surface area contributed by atoms with Crippen LogP contribution in [0.15, 0.2) is 91.0 Å². The van der Waals surface area contributed by atoms with Gasteiger partial charge >= 0.3 is 11.9 Å². The van der Waals surface area contributed by atoms with E-state index in [1.807, 2.05) is 42.5 Å². The molecule has 3 rings (SSSR count). The average Bonchev–Trinajstić information content (AvgIpc) is 2.86. The molecule has 0 amide bonds. The minimum atomic E-state index is -0.411. The van der Waals surface area contributed by atoms with E-state index in [1.54, 1.807) is 43.3 Å². The number of esters is 2. The molecule has 0 fully saturated rings. The van der Waals surface area contributed by atoms with E-state index in [4.69, 9.17) is 14.2 Å². The molecule has 0 unspecified atom stereocenters. The molecule has 0 N–H and O–H groups in total. The van der Waals surface area contributed by atoms with Crippen molar-refractivity contribution in [2.24, 2.45) is 0 Å². The van der Waals surface area contributed by atoms with Gasteiger partial charge in [0.05, 0.1) is 18.8 Å². The molecule has 0 aromatic heterocycles. The van der Waals surface area contributed by atoms with E-state index in [2.05, 4.69) is 6.58 Å². The lowest BCUT2D eigenvalue weighted by Gasteiger charge is -2.08. The highest BCUT2D eigenvalue weighted by atomic mass is 16.5. The van der Waals surface area contributed by atoms with Crippen LogP contribution in [0.5, 0.6) is 11.5 Å². The minimum absolute atomic E-state index is 0.336. The van der Waals surface area contributed by atoms with Crippen molar-refractivity contribution < 1.29 is 23.8 Å². The lowest BCUT2D eigenvalue weighted by atomic mass is 10.1. The molecule has 0 saturated carbocycles. The van der Waals surface area contributed by atoms with Crippen molar-refractivity contribution in [3.8, 4) is 22.6 Å². The summed E-state index contributed by atoms with van der Waals surface area (Å²) in [4.78, 5) is 23.7. The minimum Gasteiger partial charge on any atom is -0.494 e. The second-order valence-electron chi connectivity index (χ2n) is 7.98. The largest absolute Gasteiger partial charge is 0.494 e. The van der Waals surface area contributed by atoms with Crippen LogP contribution in [0.1, 0.15) is 43.0 Å². The summed E-state index contributed by atoms with van der Waals surface area (Å²) in [6.45, 7) is 6.20. The van der Waals surface area contributed by atoms with E-state index >= 15 is 0 Å². The van der Waals surface area contributed by atoms with Crippen molar-refractivity contribution in [2.75, 3.05) is 13.2 Å². The van der Waals surface area contributed by atoms with Gasteiger partial charge in [-0.25, -0.2) is 9.59 Å². The van der Waals surface area contributed by atoms with Crippen molar-refractivity contribution >= 4 is 11.9 Å². The number of carbonyl (C=O) groups excluding carboxylic acids is 2. The maximum absolute atomic E-state index is 12.4. The third kappa shape index (κ3) is 7.93. The molecule has 0 radical (unpaired) electrons. The fourth-order valence-corrected chi connectivity index (χ4v) is 3.24. The summed E-state index contributed by atoms with van der Waals surface area (Å²) in [6.07, 6.45) is 3.67. The zero-order valence-electron chi connectivity index (χ0n) is 19.5. The van der Waals surface area contributed by atoms with Crippen LogP contribution in [-0.2, 0) is 9.53 Å². The normalized spacial score (nSPS) is 10.4. The first-order chi connectivity index (χ1) is 16.5. The van der Waals surface area contributed by atoms with Gasteiger partial charge in [0.2, 0.25) is 0 Å². The van der Waals surface area contributed by atoms with Crippen LogP contribution in [0.2, 0.25) is 0 Å². The zero-order chi connectivity index (χ0) is 24.2. The van der Waals surface area contributed by atoms with Gasteiger partial charge in [-0.05, 0) is 80.1 Å².